The second-order valence-electron chi connectivity index (χ2n) is 0.712. The molecule has 0 radical (unpaired) electrons. The first kappa shape index (κ1) is 10.6. The second-order valence-corrected chi connectivity index (χ2v) is 0.712. The Kier molecular flexibility index (Phi) is 7.27. The summed E-state index contributed by atoms with van der Waals surface area (Å²) in [6, 6.07) is 0. The van der Waals surface area contributed by atoms with Gasteiger partial charge in [-0.1, -0.05) is 0 Å². The zero-order valence-corrected chi connectivity index (χ0v) is 2.83. The third-order valence-electron chi connectivity index (χ3n) is 0.221. The molecular formula is C2H6CaO4. The first-order valence-corrected chi connectivity index (χ1v) is 1.23. The zero-order chi connectivity index (χ0) is 5.15. The molecule has 40 valence electrons. The van der Waals surface area contributed by atoms with Crippen molar-refractivity contribution in [2.75, 3.05) is 0 Å². The fraction of sp³-hybridized carbons (Fsp3) is 0.500. The van der Waals surface area contributed by atoms with Crippen molar-refractivity contribution < 1.29 is 20.1 Å². The number of rotatable bonds is 1. The molecule has 0 saturated carbocycles. The Morgan fingerprint density at radius 1 is 1.43 bits per heavy atom. The zero-order valence-electron chi connectivity index (χ0n) is 2.83. The summed E-state index contributed by atoms with van der Waals surface area (Å²) in [5.41, 5.74) is 0. The average Bonchev–Trinajstić information content (AvgIpc) is 1.36. The summed E-state index contributed by atoms with van der Waals surface area (Å²) >= 11 is 0. The van der Waals surface area contributed by atoms with Crippen LogP contribution < -0.4 is 0 Å². The van der Waals surface area contributed by atoms with Crippen LogP contribution in [0, 0.1) is 0 Å². The fourth-order valence-electron chi connectivity index (χ4n) is 0. The molecule has 7 heavy (non-hydrogen) atoms. The van der Waals surface area contributed by atoms with Crippen LogP contribution >= 0.6 is 0 Å². The van der Waals surface area contributed by atoms with Gasteiger partial charge in [-0.05, 0) is 0 Å². The van der Waals surface area contributed by atoms with Crippen molar-refractivity contribution in [2.45, 2.75) is 6.29 Å². The maximum absolute atomic E-state index is 9.20. The molecule has 0 unspecified atom stereocenters. The van der Waals surface area contributed by atoms with E-state index in [1.54, 1.807) is 0 Å². The fourth-order valence-corrected chi connectivity index (χ4v) is 0. The van der Waals surface area contributed by atoms with E-state index < -0.39 is 12.3 Å². The van der Waals surface area contributed by atoms with Gasteiger partial charge in [-0.3, -0.25) is 0 Å². The Labute approximate surface area is 69.8 Å². The van der Waals surface area contributed by atoms with E-state index >= 15 is 0 Å². The monoisotopic (exact) mass is 134 g/mol. The van der Waals surface area contributed by atoms with Gasteiger partial charge >= 0.3 is 43.7 Å². The molecule has 0 amide bonds. The van der Waals surface area contributed by atoms with Crippen LogP contribution in [0.3, 0.4) is 0 Å². The predicted octanol–water partition coefficient (Wildman–Crippen LogP) is -2.53. The Morgan fingerprint density at radius 2 is 1.57 bits per heavy atom. The Bertz CT molecular complexity index is 60.7. The van der Waals surface area contributed by atoms with Crippen molar-refractivity contribution in [3.63, 3.8) is 0 Å². The molecule has 0 aromatic carbocycles. The SMILES string of the molecule is O=C(O)C(O)O.[CaH2]. The van der Waals surface area contributed by atoms with Gasteiger partial charge in [-0.2, -0.15) is 0 Å². The van der Waals surface area contributed by atoms with Gasteiger partial charge in [0.15, 0.2) is 0 Å². The molecule has 3 N–H and O–H groups in total. The minimum absolute atomic E-state index is 0. The van der Waals surface area contributed by atoms with Crippen molar-refractivity contribution >= 4 is 43.7 Å². The molecule has 0 heterocycles. The number of carbonyl (C=O) groups is 1. The molecule has 5 heteroatoms. The van der Waals surface area contributed by atoms with Crippen LogP contribution in [-0.4, -0.2) is 65.3 Å². The van der Waals surface area contributed by atoms with Gasteiger partial charge in [0.25, 0.3) is 6.29 Å². The summed E-state index contributed by atoms with van der Waals surface area (Å²) in [5, 5.41) is 22.7. The Morgan fingerprint density at radius 3 is 1.57 bits per heavy atom. The van der Waals surface area contributed by atoms with Crippen molar-refractivity contribution in [1.29, 1.82) is 0 Å². The van der Waals surface area contributed by atoms with E-state index in [0.717, 1.165) is 0 Å². The van der Waals surface area contributed by atoms with E-state index in [-0.39, 0.29) is 37.7 Å². The number of hydrogen-bond acceptors (Lipinski definition) is 3. The molecule has 0 aliphatic heterocycles. The maximum atomic E-state index is 9.20. The summed E-state index contributed by atoms with van der Waals surface area (Å²) in [6.45, 7) is 0. The topological polar surface area (TPSA) is 77.8 Å². The van der Waals surface area contributed by atoms with Crippen LogP contribution in [0.2, 0.25) is 0 Å². The quantitative estimate of drug-likeness (QED) is 0.273. The van der Waals surface area contributed by atoms with E-state index in [4.69, 9.17) is 15.3 Å². The number of aliphatic hydroxyl groups excluding tert-OH is 1. The van der Waals surface area contributed by atoms with Crippen molar-refractivity contribution in [3.8, 4) is 0 Å². The first-order valence-electron chi connectivity index (χ1n) is 1.23. The standard InChI is InChI=1S/C2H4O4.Ca.2H/c3-1(4)2(5)6;;;/h1,3-4H,(H,5,6);;;. The van der Waals surface area contributed by atoms with Crippen LogP contribution in [0.5, 0.6) is 0 Å². The van der Waals surface area contributed by atoms with Gasteiger partial charge in [0.1, 0.15) is 0 Å². The number of aliphatic carboxylic acids is 1. The van der Waals surface area contributed by atoms with E-state index in [1.807, 2.05) is 0 Å². The molecule has 0 aromatic rings. The van der Waals surface area contributed by atoms with E-state index in [0.29, 0.717) is 0 Å². The minimum atomic E-state index is -2.23. The van der Waals surface area contributed by atoms with Crippen LogP contribution in [0.1, 0.15) is 0 Å². The number of aliphatic hydroxyl groups is 2. The van der Waals surface area contributed by atoms with Crippen molar-refractivity contribution in [3.05, 3.63) is 0 Å². The van der Waals surface area contributed by atoms with E-state index in [2.05, 4.69) is 0 Å². The van der Waals surface area contributed by atoms with Crippen molar-refractivity contribution in [2.24, 2.45) is 0 Å². The average molecular weight is 134 g/mol. The van der Waals surface area contributed by atoms with Gasteiger partial charge < -0.3 is 15.3 Å². The van der Waals surface area contributed by atoms with Crippen LogP contribution in [0.25, 0.3) is 0 Å². The summed E-state index contributed by atoms with van der Waals surface area (Å²) in [7, 11) is 0. The molecule has 0 atom stereocenters. The summed E-state index contributed by atoms with van der Waals surface area (Å²) in [5.74, 6) is -1.63. The van der Waals surface area contributed by atoms with Gasteiger partial charge in [0, 0.05) is 0 Å². The molecule has 0 aromatic heterocycles. The first-order chi connectivity index (χ1) is 2.64. The summed E-state index contributed by atoms with van der Waals surface area (Å²) in [6.07, 6.45) is -2.23. The summed E-state index contributed by atoms with van der Waals surface area (Å²) in [4.78, 5) is 9.20. The normalized spacial score (nSPS) is 7.86. The van der Waals surface area contributed by atoms with E-state index in [1.165, 1.54) is 0 Å². The molecule has 0 fully saturated rings. The predicted molar refractivity (Wildman–Crippen MR) is 24.4 cm³/mol. The molecule has 0 aliphatic rings. The van der Waals surface area contributed by atoms with E-state index in [9.17, 15) is 4.79 Å². The molecular weight excluding hydrogens is 128 g/mol. The van der Waals surface area contributed by atoms with Gasteiger partial charge in [0.05, 0.1) is 0 Å². The number of carboxylic acids is 1. The van der Waals surface area contributed by atoms with Gasteiger partial charge in [-0.15, -0.1) is 0 Å². The molecule has 4 nitrogen and oxygen atoms in total. The molecule has 0 aliphatic carbocycles. The third kappa shape index (κ3) is 6.65. The molecule has 0 rings (SSSR count). The molecule has 0 bridgehead atoms. The number of carboxylic acid groups (broad SMARTS) is 1. The summed E-state index contributed by atoms with van der Waals surface area (Å²) < 4.78 is 0. The van der Waals surface area contributed by atoms with Crippen LogP contribution in [0.15, 0.2) is 0 Å². The van der Waals surface area contributed by atoms with Crippen LogP contribution in [0.4, 0.5) is 0 Å². The molecule has 0 saturated heterocycles. The van der Waals surface area contributed by atoms with Crippen LogP contribution in [-0.2, 0) is 4.79 Å². The third-order valence-corrected chi connectivity index (χ3v) is 0.221. The Balaban J connectivity index is 0. The van der Waals surface area contributed by atoms with Gasteiger partial charge in [-0.25, -0.2) is 4.79 Å². The number of hydrogen-bond donors (Lipinski definition) is 3. The van der Waals surface area contributed by atoms with Gasteiger partial charge in [0.2, 0.25) is 0 Å². The second kappa shape index (κ2) is 4.80. The Hall–Kier alpha value is 0.650. The van der Waals surface area contributed by atoms with Crippen molar-refractivity contribution in [1.82, 2.24) is 0 Å². The molecule has 0 spiro atoms.